The predicted molar refractivity (Wildman–Crippen MR) is 95.3 cm³/mol. The van der Waals surface area contributed by atoms with Crippen molar-refractivity contribution in [2.45, 2.75) is 4.90 Å². The minimum atomic E-state index is -0.317. The number of nitrogens with zero attached hydrogens (tertiary/aromatic N) is 2. The highest BCUT2D eigenvalue weighted by Crippen LogP contribution is 2.27. The number of para-hydroxylation sites is 1. The number of anilines is 1. The number of aromatic nitrogens is 2. The van der Waals surface area contributed by atoms with Crippen LogP contribution in [0.15, 0.2) is 68.3 Å². The Morgan fingerprint density at radius 2 is 1.88 bits per heavy atom. The molecule has 6 nitrogen and oxygen atoms in total. The van der Waals surface area contributed by atoms with Crippen molar-refractivity contribution < 1.29 is 18.0 Å². The molecule has 0 unspecified atom stereocenters. The molecule has 0 fully saturated rings. The van der Waals surface area contributed by atoms with Crippen LogP contribution >= 0.6 is 11.8 Å². The molecular formula is C18H12FN3O3S. The van der Waals surface area contributed by atoms with Gasteiger partial charge in [-0.1, -0.05) is 23.3 Å². The lowest BCUT2D eigenvalue weighted by Gasteiger charge is -2.01. The lowest BCUT2D eigenvalue weighted by atomic mass is 10.2. The standard InChI is InChI=1S/C18H12FN3O3S/c19-12-5-7-13(8-6-12)26-10-16(23)20-18-22-21-17(25-18)15-9-11-3-1-2-4-14(11)24-15/h1-9H,10H2,(H,20,22,23). The first kappa shape index (κ1) is 16.3. The number of amides is 1. The number of carbonyl (C=O) groups is 1. The highest BCUT2D eigenvalue weighted by atomic mass is 32.2. The van der Waals surface area contributed by atoms with Crippen LogP contribution in [0.2, 0.25) is 0 Å². The van der Waals surface area contributed by atoms with Crippen molar-refractivity contribution in [2.24, 2.45) is 0 Å². The Morgan fingerprint density at radius 1 is 1.08 bits per heavy atom. The summed E-state index contributed by atoms with van der Waals surface area (Å²) >= 11 is 1.28. The zero-order chi connectivity index (χ0) is 17.9. The quantitative estimate of drug-likeness (QED) is 0.527. The number of halogens is 1. The van der Waals surface area contributed by atoms with Gasteiger partial charge < -0.3 is 8.83 Å². The Bertz CT molecular complexity index is 1030. The highest BCUT2D eigenvalue weighted by Gasteiger charge is 2.15. The molecule has 0 atom stereocenters. The van der Waals surface area contributed by atoms with Crippen molar-refractivity contribution in [2.75, 3.05) is 11.1 Å². The van der Waals surface area contributed by atoms with E-state index in [-0.39, 0.29) is 29.4 Å². The Balaban J connectivity index is 1.39. The molecule has 1 N–H and O–H groups in total. The van der Waals surface area contributed by atoms with Gasteiger partial charge in [0.25, 0.3) is 5.89 Å². The zero-order valence-electron chi connectivity index (χ0n) is 13.3. The van der Waals surface area contributed by atoms with Crippen molar-refractivity contribution in [3.05, 3.63) is 60.4 Å². The van der Waals surface area contributed by atoms with Crippen molar-refractivity contribution in [3.8, 4) is 11.7 Å². The lowest BCUT2D eigenvalue weighted by molar-refractivity contribution is -0.113. The largest absolute Gasteiger partial charge is 0.451 e. The van der Waals surface area contributed by atoms with Crippen LogP contribution in [-0.4, -0.2) is 21.9 Å². The summed E-state index contributed by atoms with van der Waals surface area (Å²) in [6.45, 7) is 0. The van der Waals surface area contributed by atoms with Crippen molar-refractivity contribution in [3.63, 3.8) is 0 Å². The highest BCUT2D eigenvalue weighted by molar-refractivity contribution is 8.00. The van der Waals surface area contributed by atoms with Gasteiger partial charge in [-0.15, -0.1) is 16.9 Å². The van der Waals surface area contributed by atoms with Crippen molar-refractivity contribution >= 4 is 34.7 Å². The molecule has 0 aliphatic carbocycles. The predicted octanol–water partition coefficient (Wildman–Crippen LogP) is 4.35. The fourth-order valence-electron chi connectivity index (χ4n) is 2.30. The summed E-state index contributed by atoms with van der Waals surface area (Å²) in [5.74, 6) is 0.123. The first-order valence-corrected chi connectivity index (χ1v) is 8.66. The molecule has 2 aromatic heterocycles. The summed E-state index contributed by atoms with van der Waals surface area (Å²) in [6, 6.07) is 15.2. The summed E-state index contributed by atoms with van der Waals surface area (Å²) in [7, 11) is 0. The van der Waals surface area contributed by atoms with Crippen LogP contribution in [0, 0.1) is 5.82 Å². The maximum atomic E-state index is 12.9. The normalized spacial score (nSPS) is 11.0. The molecule has 0 aliphatic heterocycles. The fourth-order valence-corrected chi connectivity index (χ4v) is 2.99. The van der Waals surface area contributed by atoms with E-state index < -0.39 is 0 Å². The number of thioether (sulfide) groups is 1. The molecule has 0 saturated heterocycles. The van der Waals surface area contributed by atoms with Gasteiger partial charge >= 0.3 is 6.01 Å². The van der Waals surface area contributed by atoms with E-state index in [9.17, 15) is 9.18 Å². The van der Waals surface area contributed by atoms with E-state index in [2.05, 4.69) is 15.5 Å². The number of hydrogen-bond donors (Lipinski definition) is 1. The molecule has 0 spiro atoms. The number of furan rings is 1. The summed E-state index contributed by atoms with van der Waals surface area (Å²) in [4.78, 5) is 12.8. The topological polar surface area (TPSA) is 81.2 Å². The van der Waals surface area contributed by atoms with Crippen LogP contribution in [0.25, 0.3) is 22.6 Å². The van der Waals surface area contributed by atoms with Crippen LogP contribution in [0.5, 0.6) is 0 Å². The molecule has 8 heteroatoms. The second-order valence-corrected chi connectivity index (χ2v) is 6.40. The van der Waals surface area contributed by atoms with Gasteiger partial charge in [0.1, 0.15) is 11.4 Å². The average Bonchev–Trinajstić information content (AvgIpc) is 3.27. The molecule has 2 heterocycles. The van der Waals surface area contributed by atoms with Crippen LogP contribution in [0.3, 0.4) is 0 Å². The third-order valence-corrected chi connectivity index (χ3v) is 4.50. The number of fused-ring (bicyclic) bond motifs is 1. The van der Waals surface area contributed by atoms with E-state index in [1.807, 2.05) is 24.3 Å². The molecule has 0 bridgehead atoms. The molecule has 0 saturated carbocycles. The summed E-state index contributed by atoms with van der Waals surface area (Å²) in [6.07, 6.45) is 0. The van der Waals surface area contributed by atoms with E-state index in [0.717, 1.165) is 10.3 Å². The van der Waals surface area contributed by atoms with E-state index in [4.69, 9.17) is 8.83 Å². The summed E-state index contributed by atoms with van der Waals surface area (Å²) in [5.41, 5.74) is 0.710. The van der Waals surface area contributed by atoms with Crippen LogP contribution in [0.4, 0.5) is 10.4 Å². The molecule has 0 radical (unpaired) electrons. The summed E-state index contributed by atoms with van der Waals surface area (Å²) in [5, 5.41) is 11.1. The third kappa shape index (κ3) is 3.60. The Kier molecular flexibility index (Phi) is 4.40. The Morgan fingerprint density at radius 3 is 2.69 bits per heavy atom. The minimum absolute atomic E-state index is 0.00911. The van der Waals surface area contributed by atoms with Gasteiger partial charge in [0.05, 0.1) is 5.75 Å². The molecule has 4 rings (SSSR count). The number of rotatable bonds is 5. The Hall–Kier alpha value is -3.13. The molecule has 1 amide bonds. The van der Waals surface area contributed by atoms with Gasteiger partial charge in [-0.25, -0.2) is 4.39 Å². The number of nitrogens with one attached hydrogen (secondary N) is 1. The van der Waals surface area contributed by atoms with Gasteiger partial charge in [0.15, 0.2) is 5.76 Å². The van der Waals surface area contributed by atoms with Gasteiger partial charge in [-0.3, -0.25) is 10.1 Å². The van der Waals surface area contributed by atoms with E-state index >= 15 is 0 Å². The van der Waals surface area contributed by atoms with E-state index in [1.54, 1.807) is 18.2 Å². The van der Waals surface area contributed by atoms with Gasteiger partial charge in [-0.2, -0.15) is 0 Å². The smallest absolute Gasteiger partial charge is 0.322 e. The Labute approximate surface area is 151 Å². The molecule has 130 valence electrons. The van der Waals surface area contributed by atoms with Crippen molar-refractivity contribution in [1.29, 1.82) is 0 Å². The van der Waals surface area contributed by atoms with Gasteiger partial charge in [0.2, 0.25) is 5.91 Å². The number of hydrogen-bond acceptors (Lipinski definition) is 6. The minimum Gasteiger partial charge on any atom is -0.451 e. The first-order chi connectivity index (χ1) is 12.7. The number of carbonyl (C=O) groups excluding carboxylic acids is 1. The molecule has 4 aromatic rings. The molecular weight excluding hydrogens is 357 g/mol. The third-order valence-electron chi connectivity index (χ3n) is 3.49. The maximum Gasteiger partial charge on any atom is 0.322 e. The second kappa shape index (κ2) is 7.01. The first-order valence-electron chi connectivity index (χ1n) is 7.68. The fraction of sp³-hybridized carbons (Fsp3) is 0.0556. The second-order valence-electron chi connectivity index (χ2n) is 5.35. The van der Waals surface area contributed by atoms with Crippen LogP contribution < -0.4 is 5.32 Å². The van der Waals surface area contributed by atoms with Gasteiger partial charge in [-0.05, 0) is 36.4 Å². The van der Waals surface area contributed by atoms with Crippen molar-refractivity contribution in [1.82, 2.24) is 10.2 Å². The lowest BCUT2D eigenvalue weighted by Crippen LogP contribution is -2.14. The van der Waals surface area contributed by atoms with Gasteiger partial charge in [0, 0.05) is 10.3 Å². The molecule has 26 heavy (non-hydrogen) atoms. The molecule has 2 aromatic carbocycles. The SMILES string of the molecule is O=C(CSc1ccc(F)cc1)Nc1nnc(-c2cc3ccccc3o2)o1. The molecule has 0 aliphatic rings. The average molecular weight is 369 g/mol. The number of benzene rings is 2. The maximum absolute atomic E-state index is 12.9. The van der Waals surface area contributed by atoms with Crippen LogP contribution in [-0.2, 0) is 4.79 Å². The monoisotopic (exact) mass is 369 g/mol. The zero-order valence-corrected chi connectivity index (χ0v) is 14.1. The van der Waals surface area contributed by atoms with E-state index in [0.29, 0.717) is 11.3 Å². The summed E-state index contributed by atoms with van der Waals surface area (Å²) < 4.78 is 23.9. The van der Waals surface area contributed by atoms with Crippen LogP contribution in [0.1, 0.15) is 0 Å². The van der Waals surface area contributed by atoms with E-state index in [1.165, 1.54) is 23.9 Å².